The summed E-state index contributed by atoms with van der Waals surface area (Å²) in [6, 6.07) is 8.41. The van der Waals surface area contributed by atoms with E-state index in [0.29, 0.717) is 12.6 Å². The van der Waals surface area contributed by atoms with Crippen LogP contribution in [0.25, 0.3) is 11.0 Å². The Morgan fingerprint density at radius 1 is 1.27 bits per heavy atom. The Labute approximate surface area is 86.6 Å². The highest BCUT2D eigenvalue weighted by molar-refractivity contribution is 5.99. The molecule has 4 heteroatoms. The fourth-order valence-corrected chi connectivity index (χ4v) is 1.62. The van der Waals surface area contributed by atoms with Crippen LogP contribution in [0.4, 0.5) is 5.69 Å². The molecule has 0 bridgehead atoms. The molecule has 2 aromatic rings. The quantitative estimate of drug-likeness (QED) is 0.771. The molecule has 0 radical (unpaired) electrons. The molecule has 0 saturated carbocycles. The van der Waals surface area contributed by atoms with Gasteiger partial charge in [-0.3, -0.25) is 0 Å². The Morgan fingerprint density at radius 3 is 3.13 bits per heavy atom. The predicted molar refractivity (Wildman–Crippen MR) is 58.1 cm³/mol. The maximum Gasteiger partial charge on any atom is 0.289 e. The maximum atomic E-state index is 5.39. The minimum atomic E-state index is 0.568. The van der Waals surface area contributed by atoms with Crippen LogP contribution in [-0.4, -0.2) is 19.2 Å². The lowest BCUT2D eigenvalue weighted by Gasteiger charge is -2.05. The average molecular weight is 202 g/mol. The van der Waals surface area contributed by atoms with Gasteiger partial charge in [0, 0.05) is 5.39 Å². The van der Waals surface area contributed by atoms with E-state index in [1.165, 1.54) is 0 Å². The molecule has 0 fully saturated rings. The third-order valence-electron chi connectivity index (χ3n) is 2.31. The number of amidine groups is 1. The van der Waals surface area contributed by atoms with E-state index in [1.807, 2.05) is 24.3 Å². The van der Waals surface area contributed by atoms with Crippen LogP contribution in [0.2, 0.25) is 0 Å². The summed E-state index contributed by atoms with van der Waals surface area (Å²) in [5, 5.41) is 4.17. The van der Waals surface area contributed by atoms with Crippen LogP contribution >= 0.6 is 0 Å². The molecule has 0 aliphatic carbocycles. The number of hydrogen-bond acceptors (Lipinski definition) is 4. The van der Waals surface area contributed by atoms with Crippen LogP contribution in [0.15, 0.2) is 39.9 Å². The van der Waals surface area contributed by atoms with Crippen molar-refractivity contribution in [2.45, 2.75) is 0 Å². The summed E-state index contributed by atoms with van der Waals surface area (Å²) in [5.74, 6) is 0. The predicted octanol–water partition coefficient (Wildman–Crippen LogP) is 2.23. The van der Waals surface area contributed by atoms with Gasteiger partial charge in [-0.2, -0.15) is 0 Å². The zero-order valence-corrected chi connectivity index (χ0v) is 8.06. The lowest BCUT2D eigenvalue weighted by Crippen LogP contribution is -2.11. The number of aliphatic imine (C=N–C) groups is 1. The highest BCUT2D eigenvalue weighted by Crippen LogP contribution is 2.24. The van der Waals surface area contributed by atoms with Crippen LogP contribution in [-0.2, 0) is 4.74 Å². The van der Waals surface area contributed by atoms with E-state index in [4.69, 9.17) is 9.15 Å². The van der Waals surface area contributed by atoms with Gasteiger partial charge in [-0.15, -0.1) is 0 Å². The minimum absolute atomic E-state index is 0.568. The highest BCUT2D eigenvalue weighted by atomic mass is 16.5. The largest absolute Gasteiger partial charge is 0.463 e. The fourth-order valence-electron chi connectivity index (χ4n) is 1.62. The fraction of sp³-hybridized carbons (Fsp3) is 0.182. The van der Waals surface area contributed by atoms with E-state index in [-0.39, 0.29) is 0 Å². The summed E-state index contributed by atoms with van der Waals surface area (Å²) in [5.41, 5.74) is 1.72. The monoisotopic (exact) mass is 202 g/mol. The Balaban J connectivity index is 1.99. The van der Waals surface area contributed by atoms with Crippen molar-refractivity contribution in [2.24, 2.45) is 4.99 Å². The number of benzene rings is 1. The van der Waals surface area contributed by atoms with Gasteiger partial charge in [-0.25, -0.2) is 4.99 Å². The van der Waals surface area contributed by atoms with Crippen molar-refractivity contribution in [2.75, 3.05) is 18.5 Å². The molecule has 15 heavy (non-hydrogen) atoms. The molecule has 0 saturated heterocycles. The van der Waals surface area contributed by atoms with Crippen molar-refractivity contribution in [3.05, 3.63) is 30.5 Å². The van der Waals surface area contributed by atoms with Gasteiger partial charge in [0.05, 0.1) is 18.5 Å². The maximum absolute atomic E-state index is 5.39. The number of anilines is 1. The van der Waals surface area contributed by atoms with Crippen molar-refractivity contribution in [1.29, 1.82) is 0 Å². The Bertz CT molecular complexity index is 516. The summed E-state index contributed by atoms with van der Waals surface area (Å²) in [4.78, 5) is 4.16. The van der Waals surface area contributed by atoms with Crippen molar-refractivity contribution in [1.82, 2.24) is 0 Å². The number of para-hydroxylation sites is 1. The van der Waals surface area contributed by atoms with E-state index < -0.39 is 0 Å². The molecule has 1 N–H and O–H groups in total. The van der Waals surface area contributed by atoms with Gasteiger partial charge in [-0.1, -0.05) is 12.1 Å². The van der Waals surface area contributed by atoms with E-state index in [1.54, 1.807) is 6.26 Å². The summed E-state index contributed by atoms with van der Waals surface area (Å²) in [7, 11) is 0. The first-order valence-corrected chi connectivity index (χ1v) is 4.84. The Morgan fingerprint density at radius 2 is 2.27 bits per heavy atom. The number of nitrogens with zero attached hydrogens (tertiary/aromatic N) is 1. The molecule has 1 aliphatic rings. The van der Waals surface area contributed by atoms with Crippen LogP contribution in [0, 0.1) is 0 Å². The molecule has 4 nitrogen and oxygen atoms in total. The molecule has 3 rings (SSSR count). The molecule has 0 unspecified atom stereocenters. The molecule has 76 valence electrons. The average Bonchev–Trinajstić information content (AvgIpc) is 2.87. The molecule has 1 aliphatic heterocycles. The molecular weight excluding hydrogens is 192 g/mol. The number of hydrogen-bond donors (Lipinski definition) is 1. The summed E-state index contributed by atoms with van der Waals surface area (Å²) in [6.07, 6.45) is 1.67. The molecular formula is C11H10N2O2. The molecule has 0 atom stereocenters. The SMILES string of the molecule is c1cc(NC2=NCCO2)c2occc2c1. The van der Waals surface area contributed by atoms with Gasteiger partial charge in [0.25, 0.3) is 6.02 Å². The normalized spacial score (nSPS) is 15.1. The Hall–Kier alpha value is -1.97. The lowest BCUT2D eigenvalue weighted by molar-refractivity contribution is 0.346. The molecule has 0 amide bonds. The third-order valence-corrected chi connectivity index (χ3v) is 2.31. The van der Waals surface area contributed by atoms with Crippen molar-refractivity contribution in [3.8, 4) is 0 Å². The van der Waals surface area contributed by atoms with Crippen molar-refractivity contribution in [3.63, 3.8) is 0 Å². The first-order valence-electron chi connectivity index (χ1n) is 4.84. The van der Waals surface area contributed by atoms with E-state index in [2.05, 4.69) is 10.3 Å². The topological polar surface area (TPSA) is 46.8 Å². The van der Waals surface area contributed by atoms with Crippen molar-refractivity contribution < 1.29 is 9.15 Å². The van der Waals surface area contributed by atoms with Gasteiger partial charge in [-0.05, 0) is 12.1 Å². The number of rotatable bonds is 1. The first kappa shape index (κ1) is 8.35. The van der Waals surface area contributed by atoms with Crippen molar-refractivity contribution >= 4 is 22.7 Å². The van der Waals surface area contributed by atoms with Gasteiger partial charge in [0.1, 0.15) is 6.61 Å². The number of furan rings is 1. The zero-order chi connectivity index (χ0) is 10.1. The van der Waals surface area contributed by atoms with Crippen LogP contribution in [0.3, 0.4) is 0 Å². The highest BCUT2D eigenvalue weighted by Gasteiger charge is 2.10. The van der Waals surface area contributed by atoms with Crippen LogP contribution in [0.5, 0.6) is 0 Å². The standard InChI is InChI=1S/C11H10N2O2/c1-2-8-4-6-14-10(8)9(3-1)13-11-12-5-7-15-11/h1-4,6H,5,7H2,(H,12,13). The second kappa shape index (κ2) is 3.31. The lowest BCUT2D eigenvalue weighted by atomic mass is 10.2. The third kappa shape index (κ3) is 1.44. The molecule has 1 aromatic carbocycles. The second-order valence-corrected chi connectivity index (χ2v) is 3.30. The van der Waals surface area contributed by atoms with Gasteiger partial charge < -0.3 is 14.5 Å². The number of ether oxygens (including phenoxy) is 1. The Kier molecular flexibility index (Phi) is 1.84. The van der Waals surface area contributed by atoms with E-state index in [9.17, 15) is 0 Å². The van der Waals surface area contributed by atoms with Gasteiger partial charge in [0.2, 0.25) is 0 Å². The summed E-state index contributed by atoms with van der Waals surface area (Å²) < 4.78 is 10.7. The van der Waals surface area contributed by atoms with Gasteiger partial charge in [0.15, 0.2) is 5.58 Å². The number of nitrogens with one attached hydrogen (secondary N) is 1. The smallest absolute Gasteiger partial charge is 0.289 e. The van der Waals surface area contributed by atoms with Crippen LogP contribution in [0.1, 0.15) is 0 Å². The minimum Gasteiger partial charge on any atom is -0.463 e. The molecule has 2 heterocycles. The van der Waals surface area contributed by atoms with E-state index in [0.717, 1.165) is 23.2 Å². The number of fused-ring (bicyclic) bond motifs is 1. The van der Waals surface area contributed by atoms with Gasteiger partial charge >= 0.3 is 0 Å². The van der Waals surface area contributed by atoms with E-state index >= 15 is 0 Å². The summed E-state index contributed by atoms with van der Waals surface area (Å²) in [6.45, 7) is 1.37. The molecule has 1 aromatic heterocycles. The molecule has 0 spiro atoms. The van der Waals surface area contributed by atoms with Crippen LogP contribution < -0.4 is 5.32 Å². The zero-order valence-electron chi connectivity index (χ0n) is 8.06. The second-order valence-electron chi connectivity index (χ2n) is 3.30. The first-order chi connectivity index (χ1) is 7.43. The summed E-state index contributed by atoms with van der Waals surface area (Å²) >= 11 is 0.